The molecule has 1 aromatic carbocycles. The lowest BCUT2D eigenvalue weighted by Crippen LogP contribution is -2.14. The van der Waals surface area contributed by atoms with Crippen LogP contribution in [0.2, 0.25) is 0 Å². The molecular weight excluding hydrogens is 174 g/mol. The first kappa shape index (κ1) is 10.3. The summed E-state index contributed by atoms with van der Waals surface area (Å²) in [4.78, 5) is 3.47. The molecule has 0 spiro atoms. The first-order valence-corrected chi connectivity index (χ1v) is 4.40. The monoisotopic (exact) mass is 187 g/mol. The van der Waals surface area contributed by atoms with Crippen LogP contribution in [0.3, 0.4) is 0 Å². The van der Waals surface area contributed by atoms with Crippen molar-refractivity contribution in [1.29, 1.82) is 5.26 Å². The average Bonchev–Trinajstić information content (AvgIpc) is 2.12. The number of rotatable bonds is 2. The van der Waals surface area contributed by atoms with Crippen LogP contribution in [0.4, 0.5) is 0 Å². The maximum atomic E-state index is 8.30. The Morgan fingerprint density at radius 2 is 2.14 bits per heavy atom. The Kier molecular flexibility index (Phi) is 3.24. The third kappa shape index (κ3) is 2.60. The van der Waals surface area contributed by atoms with Crippen molar-refractivity contribution >= 4 is 5.84 Å². The van der Waals surface area contributed by atoms with Crippen molar-refractivity contribution in [1.82, 2.24) is 0 Å². The zero-order valence-electron chi connectivity index (χ0n) is 8.41. The van der Waals surface area contributed by atoms with Gasteiger partial charge in [0, 0.05) is 6.42 Å². The number of aliphatic imine (C=N–C) groups is 1. The van der Waals surface area contributed by atoms with E-state index in [9.17, 15) is 0 Å². The Bertz CT molecular complexity index is 399. The van der Waals surface area contributed by atoms with Crippen molar-refractivity contribution in [2.45, 2.75) is 20.3 Å². The number of nitrogens with two attached hydrogens (primary N) is 1. The van der Waals surface area contributed by atoms with E-state index >= 15 is 0 Å². The SMILES string of the molecule is Cc1ccc(CC(N)=NC#N)cc1C. The molecule has 0 aliphatic carbocycles. The van der Waals surface area contributed by atoms with Gasteiger partial charge in [0.15, 0.2) is 0 Å². The summed E-state index contributed by atoms with van der Waals surface area (Å²) in [6.07, 6.45) is 2.21. The van der Waals surface area contributed by atoms with Crippen molar-refractivity contribution in [3.63, 3.8) is 0 Å². The number of hydrogen-bond acceptors (Lipinski definition) is 2. The van der Waals surface area contributed by atoms with Gasteiger partial charge in [-0.3, -0.25) is 0 Å². The average molecular weight is 187 g/mol. The summed E-state index contributed by atoms with van der Waals surface area (Å²) < 4.78 is 0. The first-order valence-electron chi connectivity index (χ1n) is 4.40. The topological polar surface area (TPSA) is 62.2 Å². The fourth-order valence-electron chi connectivity index (χ4n) is 1.23. The fraction of sp³-hybridized carbons (Fsp3) is 0.273. The zero-order valence-corrected chi connectivity index (χ0v) is 8.41. The molecule has 0 aromatic heterocycles. The highest BCUT2D eigenvalue weighted by Crippen LogP contribution is 2.10. The van der Waals surface area contributed by atoms with Crippen molar-refractivity contribution < 1.29 is 0 Å². The number of aryl methyl sites for hydroxylation is 2. The molecule has 0 atom stereocenters. The molecule has 14 heavy (non-hydrogen) atoms. The van der Waals surface area contributed by atoms with Gasteiger partial charge in [0.2, 0.25) is 6.19 Å². The predicted molar refractivity (Wildman–Crippen MR) is 56.9 cm³/mol. The predicted octanol–water partition coefficient (Wildman–Crippen LogP) is 1.68. The standard InChI is InChI=1S/C11H13N3/c1-8-3-4-10(5-9(8)2)6-11(13)14-7-12/h3-5H,6H2,1-2H3,(H2,13,14). The zero-order chi connectivity index (χ0) is 10.6. The van der Waals surface area contributed by atoms with Crippen LogP contribution in [0, 0.1) is 25.3 Å². The van der Waals surface area contributed by atoms with Crippen LogP contribution in [-0.4, -0.2) is 5.84 Å². The molecule has 0 saturated carbocycles. The number of amidine groups is 1. The van der Waals surface area contributed by atoms with Gasteiger partial charge in [0.25, 0.3) is 0 Å². The second kappa shape index (κ2) is 4.43. The van der Waals surface area contributed by atoms with E-state index in [0.29, 0.717) is 12.3 Å². The third-order valence-corrected chi connectivity index (χ3v) is 2.15. The van der Waals surface area contributed by atoms with E-state index < -0.39 is 0 Å². The normalized spacial score (nSPS) is 11.1. The van der Waals surface area contributed by atoms with Gasteiger partial charge in [-0.05, 0) is 30.5 Å². The van der Waals surface area contributed by atoms with E-state index in [-0.39, 0.29) is 0 Å². The molecule has 0 amide bonds. The number of benzene rings is 1. The van der Waals surface area contributed by atoms with E-state index in [4.69, 9.17) is 11.0 Å². The van der Waals surface area contributed by atoms with Crippen molar-refractivity contribution in [2.24, 2.45) is 10.7 Å². The Balaban J connectivity index is 2.84. The smallest absolute Gasteiger partial charge is 0.207 e. The lowest BCUT2D eigenvalue weighted by molar-refractivity contribution is 1.23. The van der Waals surface area contributed by atoms with Gasteiger partial charge in [-0.2, -0.15) is 10.3 Å². The summed E-state index contributed by atoms with van der Waals surface area (Å²) >= 11 is 0. The highest BCUT2D eigenvalue weighted by Gasteiger charge is 1.98. The van der Waals surface area contributed by atoms with Crippen LogP contribution < -0.4 is 5.73 Å². The first-order chi connectivity index (χ1) is 6.63. The van der Waals surface area contributed by atoms with Gasteiger partial charge in [0.1, 0.15) is 5.84 Å². The highest BCUT2D eigenvalue weighted by atomic mass is 14.8. The Morgan fingerprint density at radius 3 is 2.71 bits per heavy atom. The minimum atomic E-state index is 0.357. The van der Waals surface area contributed by atoms with Crippen LogP contribution in [0.5, 0.6) is 0 Å². The van der Waals surface area contributed by atoms with Crippen LogP contribution in [-0.2, 0) is 6.42 Å². The maximum absolute atomic E-state index is 8.30. The van der Waals surface area contributed by atoms with Gasteiger partial charge in [-0.1, -0.05) is 18.2 Å². The number of nitrogens with zero attached hydrogens (tertiary/aromatic N) is 2. The summed E-state index contributed by atoms with van der Waals surface area (Å²) in [5, 5.41) is 8.30. The largest absolute Gasteiger partial charge is 0.386 e. The van der Waals surface area contributed by atoms with E-state index in [0.717, 1.165) is 5.56 Å². The van der Waals surface area contributed by atoms with Crippen molar-refractivity contribution in [3.05, 3.63) is 34.9 Å². The Hall–Kier alpha value is -1.82. The lowest BCUT2D eigenvalue weighted by Gasteiger charge is -2.03. The number of hydrogen-bond donors (Lipinski definition) is 1. The molecule has 0 bridgehead atoms. The van der Waals surface area contributed by atoms with E-state index in [1.54, 1.807) is 6.19 Å². The molecule has 0 heterocycles. The molecule has 0 unspecified atom stereocenters. The second-order valence-electron chi connectivity index (χ2n) is 3.30. The van der Waals surface area contributed by atoms with Crippen LogP contribution in [0.1, 0.15) is 16.7 Å². The van der Waals surface area contributed by atoms with Gasteiger partial charge in [-0.15, -0.1) is 0 Å². The summed E-state index contributed by atoms with van der Waals surface area (Å²) in [5.41, 5.74) is 9.10. The molecule has 3 heteroatoms. The number of nitriles is 1. The van der Waals surface area contributed by atoms with Crippen molar-refractivity contribution in [2.75, 3.05) is 0 Å². The Labute approximate surface area is 83.9 Å². The molecule has 3 nitrogen and oxygen atoms in total. The van der Waals surface area contributed by atoms with Crippen LogP contribution in [0.25, 0.3) is 0 Å². The minimum Gasteiger partial charge on any atom is -0.386 e. The lowest BCUT2D eigenvalue weighted by atomic mass is 10.0. The molecule has 0 radical (unpaired) electrons. The van der Waals surface area contributed by atoms with Gasteiger partial charge < -0.3 is 5.73 Å². The van der Waals surface area contributed by atoms with Crippen molar-refractivity contribution in [3.8, 4) is 6.19 Å². The van der Waals surface area contributed by atoms with E-state index in [1.807, 2.05) is 12.1 Å². The second-order valence-corrected chi connectivity index (χ2v) is 3.30. The quantitative estimate of drug-likeness (QED) is 0.435. The molecule has 1 rings (SSSR count). The molecule has 72 valence electrons. The highest BCUT2D eigenvalue weighted by molar-refractivity contribution is 5.83. The molecule has 0 saturated heterocycles. The molecular formula is C11H13N3. The summed E-state index contributed by atoms with van der Waals surface area (Å²) in [6, 6.07) is 6.11. The summed E-state index contributed by atoms with van der Waals surface area (Å²) in [5.74, 6) is 0.357. The Morgan fingerprint density at radius 1 is 1.43 bits per heavy atom. The molecule has 2 N–H and O–H groups in total. The summed E-state index contributed by atoms with van der Waals surface area (Å²) in [7, 11) is 0. The maximum Gasteiger partial charge on any atom is 0.207 e. The summed E-state index contributed by atoms with van der Waals surface area (Å²) in [6.45, 7) is 4.11. The van der Waals surface area contributed by atoms with Gasteiger partial charge in [-0.25, -0.2) is 0 Å². The fourth-order valence-corrected chi connectivity index (χ4v) is 1.23. The van der Waals surface area contributed by atoms with Crippen LogP contribution in [0.15, 0.2) is 23.2 Å². The van der Waals surface area contributed by atoms with E-state index in [2.05, 4.69) is 24.9 Å². The van der Waals surface area contributed by atoms with Gasteiger partial charge in [0.05, 0.1) is 0 Å². The van der Waals surface area contributed by atoms with E-state index in [1.165, 1.54) is 11.1 Å². The minimum absolute atomic E-state index is 0.357. The van der Waals surface area contributed by atoms with Crippen LogP contribution >= 0.6 is 0 Å². The third-order valence-electron chi connectivity index (χ3n) is 2.15. The molecule has 1 aromatic rings. The molecule has 0 aliphatic rings. The van der Waals surface area contributed by atoms with Gasteiger partial charge >= 0.3 is 0 Å². The molecule has 0 aliphatic heterocycles. The molecule has 0 fully saturated rings.